The van der Waals surface area contributed by atoms with Crippen LogP contribution < -0.4 is 16.4 Å². The molecule has 0 saturated carbocycles. The van der Waals surface area contributed by atoms with Gasteiger partial charge in [-0.3, -0.25) is 4.79 Å². The standard InChI is InChI=1S/C15H21N3O/c16-11-8-13-5-2-6-14(9-11)18(13)12-4-1-3-10(7-12)15(17)19/h1,3-4,7,11,13-14H,2,5-6,8-9,16H2,(H2,17,19). The lowest BCUT2D eigenvalue weighted by atomic mass is 9.81. The molecule has 4 nitrogen and oxygen atoms in total. The lowest BCUT2D eigenvalue weighted by Crippen LogP contribution is -2.55. The van der Waals surface area contributed by atoms with Crippen LogP contribution in [0.5, 0.6) is 0 Å². The molecule has 0 spiro atoms. The Morgan fingerprint density at radius 2 is 1.89 bits per heavy atom. The Balaban J connectivity index is 1.92. The molecule has 2 saturated heterocycles. The Labute approximate surface area is 113 Å². The Kier molecular flexibility index (Phi) is 3.19. The average Bonchev–Trinajstić information content (AvgIpc) is 2.37. The second-order valence-electron chi connectivity index (χ2n) is 5.79. The van der Waals surface area contributed by atoms with E-state index in [4.69, 9.17) is 11.5 Å². The molecular formula is C15H21N3O. The van der Waals surface area contributed by atoms with E-state index in [2.05, 4.69) is 11.0 Å². The van der Waals surface area contributed by atoms with Gasteiger partial charge in [-0.15, -0.1) is 0 Å². The zero-order chi connectivity index (χ0) is 13.4. The van der Waals surface area contributed by atoms with Gasteiger partial charge in [-0.25, -0.2) is 0 Å². The molecule has 19 heavy (non-hydrogen) atoms. The van der Waals surface area contributed by atoms with Gasteiger partial charge in [0.25, 0.3) is 0 Å². The number of nitrogens with two attached hydrogens (primary N) is 2. The van der Waals surface area contributed by atoms with Crippen molar-refractivity contribution in [1.82, 2.24) is 0 Å². The summed E-state index contributed by atoms with van der Waals surface area (Å²) in [5.41, 5.74) is 13.2. The van der Waals surface area contributed by atoms with Crippen molar-refractivity contribution in [2.75, 3.05) is 4.90 Å². The highest BCUT2D eigenvalue weighted by atomic mass is 16.1. The second kappa shape index (κ2) is 4.85. The lowest BCUT2D eigenvalue weighted by Gasteiger charge is -2.49. The van der Waals surface area contributed by atoms with E-state index >= 15 is 0 Å². The molecule has 0 aliphatic carbocycles. The van der Waals surface area contributed by atoms with Gasteiger partial charge in [-0.1, -0.05) is 6.07 Å². The summed E-state index contributed by atoms with van der Waals surface area (Å²) in [4.78, 5) is 13.8. The van der Waals surface area contributed by atoms with Crippen LogP contribution in [-0.4, -0.2) is 24.0 Å². The fourth-order valence-electron chi connectivity index (χ4n) is 3.66. The molecule has 4 N–H and O–H groups in total. The monoisotopic (exact) mass is 259 g/mol. The quantitative estimate of drug-likeness (QED) is 0.848. The van der Waals surface area contributed by atoms with Crippen molar-refractivity contribution in [1.29, 1.82) is 0 Å². The number of hydrogen-bond acceptors (Lipinski definition) is 3. The number of fused-ring (bicyclic) bond motifs is 2. The van der Waals surface area contributed by atoms with Crippen LogP contribution >= 0.6 is 0 Å². The van der Waals surface area contributed by atoms with Gasteiger partial charge in [0.1, 0.15) is 0 Å². The van der Waals surface area contributed by atoms with Crippen molar-refractivity contribution < 1.29 is 4.79 Å². The van der Waals surface area contributed by atoms with E-state index in [-0.39, 0.29) is 5.91 Å². The van der Waals surface area contributed by atoms with Crippen molar-refractivity contribution in [3.05, 3.63) is 29.8 Å². The first-order chi connectivity index (χ1) is 9.15. The summed E-state index contributed by atoms with van der Waals surface area (Å²) in [5, 5.41) is 0. The molecule has 1 aromatic carbocycles. The highest BCUT2D eigenvalue weighted by Gasteiger charge is 2.37. The molecule has 2 bridgehead atoms. The van der Waals surface area contributed by atoms with E-state index in [0.717, 1.165) is 18.5 Å². The lowest BCUT2D eigenvalue weighted by molar-refractivity contribution is 0.1000. The van der Waals surface area contributed by atoms with Crippen molar-refractivity contribution in [2.24, 2.45) is 11.5 Å². The fraction of sp³-hybridized carbons (Fsp3) is 0.533. The molecule has 2 fully saturated rings. The third-order valence-electron chi connectivity index (χ3n) is 4.44. The number of piperidine rings is 2. The first-order valence-electron chi connectivity index (χ1n) is 7.09. The van der Waals surface area contributed by atoms with Crippen molar-refractivity contribution >= 4 is 11.6 Å². The first-order valence-corrected chi connectivity index (χ1v) is 7.09. The summed E-state index contributed by atoms with van der Waals surface area (Å²) in [6, 6.07) is 9.05. The fourth-order valence-corrected chi connectivity index (χ4v) is 3.66. The molecule has 1 amide bonds. The minimum Gasteiger partial charge on any atom is -0.366 e. The van der Waals surface area contributed by atoms with Crippen LogP contribution in [0, 0.1) is 0 Å². The van der Waals surface area contributed by atoms with E-state index in [1.54, 1.807) is 6.07 Å². The Morgan fingerprint density at radius 1 is 1.21 bits per heavy atom. The van der Waals surface area contributed by atoms with Crippen LogP contribution in [0.15, 0.2) is 24.3 Å². The van der Waals surface area contributed by atoms with Crippen LogP contribution in [0.2, 0.25) is 0 Å². The van der Waals surface area contributed by atoms with Crippen LogP contribution in [0.4, 0.5) is 5.69 Å². The number of rotatable bonds is 2. The molecule has 4 heteroatoms. The van der Waals surface area contributed by atoms with Crippen LogP contribution in [-0.2, 0) is 0 Å². The van der Waals surface area contributed by atoms with Gasteiger partial charge in [0.2, 0.25) is 5.91 Å². The molecule has 1 aromatic rings. The van der Waals surface area contributed by atoms with E-state index in [1.807, 2.05) is 12.1 Å². The summed E-state index contributed by atoms with van der Waals surface area (Å²) >= 11 is 0. The number of amides is 1. The Hall–Kier alpha value is -1.55. The molecule has 2 aliphatic heterocycles. The highest BCUT2D eigenvalue weighted by molar-refractivity contribution is 5.93. The van der Waals surface area contributed by atoms with Crippen molar-refractivity contribution in [2.45, 2.75) is 50.2 Å². The summed E-state index contributed by atoms with van der Waals surface area (Å²) in [6.45, 7) is 0. The summed E-state index contributed by atoms with van der Waals surface area (Å²) in [5.74, 6) is -0.360. The number of anilines is 1. The normalized spacial score (nSPS) is 30.2. The number of benzene rings is 1. The van der Waals surface area contributed by atoms with Gasteiger partial charge in [0.15, 0.2) is 0 Å². The minimum atomic E-state index is -0.360. The van der Waals surface area contributed by atoms with Gasteiger partial charge in [-0.05, 0) is 50.3 Å². The smallest absolute Gasteiger partial charge is 0.248 e. The predicted molar refractivity (Wildman–Crippen MR) is 76.1 cm³/mol. The largest absolute Gasteiger partial charge is 0.366 e. The summed E-state index contributed by atoms with van der Waals surface area (Å²) in [7, 11) is 0. The number of hydrogen-bond donors (Lipinski definition) is 2. The number of nitrogens with zero attached hydrogens (tertiary/aromatic N) is 1. The van der Waals surface area contributed by atoms with Crippen LogP contribution in [0.1, 0.15) is 42.5 Å². The van der Waals surface area contributed by atoms with E-state index < -0.39 is 0 Å². The van der Waals surface area contributed by atoms with E-state index in [0.29, 0.717) is 23.7 Å². The molecule has 2 unspecified atom stereocenters. The topological polar surface area (TPSA) is 72.4 Å². The van der Waals surface area contributed by atoms with Crippen molar-refractivity contribution in [3.8, 4) is 0 Å². The third kappa shape index (κ3) is 2.32. The SMILES string of the molecule is NC(=O)c1cccc(N2C3CCCC2CC(N)C3)c1. The molecule has 0 radical (unpaired) electrons. The van der Waals surface area contributed by atoms with Crippen LogP contribution in [0.25, 0.3) is 0 Å². The Bertz CT molecular complexity index is 474. The molecule has 2 aliphatic rings. The highest BCUT2D eigenvalue weighted by Crippen LogP contribution is 2.37. The van der Waals surface area contributed by atoms with Gasteiger partial charge >= 0.3 is 0 Å². The van der Waals surface area contributed by atoms with E-state index in [9.17, 15) is 4.79 Å². The van der Waals surface area contributed by atoms with Gasteiger partial charge < -0.3 is 16.4 Å². The first kappa shape index (κ1) is 12.5. The number of carbonyl (C=O) groups is 1. The maximum absolute atomic E-state index is 11.3. The molecule has 3 rings (SSSR count). The second-order valence-corrected chi connectivity index (χ2v) is 5.79. The summed E-state index contributed by atoms with van der Waals surface area (Å²) in [6.07, 6.45) is 5.79. The van der Waals surface area contributed by atoms with Gasteiger partial charge in [-0.2, -0.15) is 0 Å². The van der Waals surface area contributed by atoms with E-state index in [1.165, 1.54) is 19.3 Å². The van der Waals surface area contributed by atoms with Crippen LogP contribution in [0.3, 0.4) is 0 Å². The third-order valence-corrected chi connectivity index (χ3v) is 4.44. The maximum Gasteiger partial charge on any atom is 0.248 e. The maximum atomic E-state index is 11.3. The zero-order valence-corrected chi connectivity index (χ0v) is 11.1. The number of carbonyl (C=O) groups excluding carboxylic acids is 1. The zero-order valence-electron chi connectivity index (χ0n) is 11.1. The predicted octanol–water partition coefficient (Wildman–Crippen LogP) is 1.63. The Morgan fingerprint density at radius 3 is 2.53 bits per heavy atom. The molecule has 2 atom stereocenters. The molecule has 0 aromatic heterocycles. The van der Waals surface area contributed by atoms with Gasteiger partial charge in [0, 0.05) is 29.4 Å². The summed E-state index contributed by atoms with van der Waals surface area (Å²) < 4.78 is 0. The molecular weight excluding hydrogens is 238 g/mol. The van der Waals surface area contributed by atoms with Gasteiger partial charge in [0.05, 0.1) is 0 Å². The number of primary amides is 1. The molecule has 2 heterocycles. The average molecular weight is 259 g/mol. The van der Waals surface area contributed by atoms with Crippen molar-refractivity contribution in [3.63, 3.8) is 0 Å². The minimum absolute atomic E-state index is 0.325. The molecule has 102 valence electrons.